The lowest BCUT2D eigenvalue weighted by Gasteiger charge is -2.14. The van der Waals surface area contributed by atoms with Gasteiger partial charge in [0.2, 0.25) is 5.95 Å². The Morgan fingerprint density at radius 1 is 1.45 bits per heavy atom. The molecule has 0 amide bonds. The highest BCUT2D eigenvalue weighted by Gasteiger charge is 2.28. The van der Waals surface area contributed by atoms with Crippen LogP contribution in [-0.2, 0) is 11.2 Å². The number of aliphatic imine (C=N–C) groups is 1. The topological polar surface area (TPSA) is 84.5 Å². The molecule has 1 aromatic heterocycles. The number of hydrogen-bond donors (Lipinski definition) is 1. The van der Waals surface area contributed by atoms with Crippen molar-refractivity contribution in [2.45, 2.75) is 25.8 Å². The molecule has 0 bridgehead atoms. The van der Waals surface area contributed by atoms with Gasteiger partial charge in [0.05, 0.1) is 11.4 Å². The second-order valence-electron chi connectivity index (χ2n) is 4.77. The fraction of sp³-hybridized carbons (Fsp3) is 0.286. The molecule has 1 aliphatic heterocycles. The van der Waals surface area contributed by atoms with Crippen molar-refractivity contribution in [3.05, 3.63) is 45.9 Å². The predicted molar refractivity (Wildman–Crippen MR) is 73.6 cm³/mol. The summed E-state index contributed by atoms with van der Waals surface area (Å²) in [6.07, 6.45) is 7.58. The number of carboxylic acids is 1. The van der Waals surface area contributed by atoms with Gasteiger partial charge in [-0.2, -0.15) is 0 Å². The molecule has 6 heteroatoms. The lowest BCUT2D eigenvalue weighted by atomic mass is 10.1. The van der Waals surface area contributed by atoms with Crippen molar-refractivity contribution in [2.75, 3.05) is 0 Å². The molecule has 20 heavy (non-hydrogen) atoms. The molecular formula is C14H13N3O3. The largest absolute Gasteiger partial charge is 0.481 e. The number of nitrogens with zero attached hydrogens (tertiary/aromatic N) is 3. The summed E-state index contributed by atoms with van der Waals surface area (Å²) >= 11 is 0. The van der Waals surface area contributed by atoms with E-state index in [0.29, 0.717) is 17.2 Å². The van der Waals surface area contributed by atoms with Crippen molar-refractivity contribution in [3.63, 3.8) is 0 Å². The van der Waals surface area contributed by atoms with Crippen LogP contribution in [0.4, 0.5) is 5.95 Å². The molecule has 2 aliphatic rings. The van der Waals surface area contributed by atoms with Crippen LogP contribution in [0, 0.1) is 6.92 Å². The number of hydrogen-bond acceptors (Lipinski definition) is 4. The standard InChI is InChI=1S/C14H13N3O3/c1-8-9(6-7-12(18)19)13(20)17-11-5-3-2-4-10(11)16-14(17)15-8/h2-5,11H,6-7H2,1H3,(H,18,19). The average molecular weight is 271 g/mol. The molecule has 0 aromatic carbocycles. The Bertz CT molecular complexity index is 741. The molecule has 102 valence electrons. The molecule has 2 heterocycles. The summed E-state index contributed by atoms with van der Waals surface area (Å²) in [6.45, 7) is 1.72. The van der Waals surface area contributed by atoms with Crippen LogP contribution >= 0.6 is 0 Å². The van der Waals surface area contributed by atoms with Gasteiger partial charge in [-0.1, -0.05) is 18.2 Å². The number of fused-ring (bicyclic) bond motifs is 3. The summed E-state index contributed by atoms with van der Waals surface area (Å²) < 4.78 is 1.53. The van der Waals surface area contributed by atoms with E-state index in [1.54, 1.807) is 6.92 Å². The molecule has 0 saturated carbocycles. The van der Waals surface area contributed by atoms with E-state index in [0.717, 1.165) is 5.71 Å². The average Bonchev–Trinajstić information content (AvgIpc) is 2.75. The highest BCUT2D eigenvalue weighted by molar-refractivity contribution is 6.03. The van der Waals surface area contributed by atoms with Crippen molar-refractivity contribution in [1.29, 1.82) is 0 Å². The van der Waals surface area contributed by atoms with Gasteiger partial charge in [-0.05, 0) is 19.4 Å². The van der Waals surface area contributed by atoms with Crippen molar-refractivity contribution >= 4 is 17.6 Å². The zero-order valence-electron chi connectivity index (χ0n) is 10.9. The number of aryl methyl sites for hydroxylation is 1. The molecule has 1 aromatic rings. The fourth-order valence-electron chi connectivity index (χ4n) is 2.47. The summed E-state index contributed by atoms with van der Waals surface area (Å²) in [7, 11) is 0. The van der Waals surface area contributed by atoms with E-state index in [-0.39, 0.29) is 24.4 Å². The van der Waals surface area contributed by atoms with Gasteiger partial charge in [0, 0.05) is 12.0 Å². The third-order valence-electron chi connectivity index (χ3n) is 3.47. The first kappa shape index (κ1) is 12.5. The lowest BCUT2D eigenvalue weighted by molar-refractivity contribution is -0.136. The van der Waals surface area contributed by atoms with Gasteiger partial charge in [0.1, 0.15) is 6.04 Å². The molecule has 0 fully saturated rings. The zero-order valence-corrected chi connectivity index (χ0v) is 10.9. The molecule has 0 spiro atoms. The van der Waals surface area contributed by atoms with E-state index in [9.17, 15) is 9.59 Å². The zero-order chi connectivity index (χ0) is 14.3. The first-order chi connectivity index (χ1) is 9.58. The van der Waals surface area contributed by atoms with Gasteiger partial charge in [-0.3, -0.25) is 14.2 Å². The van der Waals surface area contributed by atoms with Gasteiger partial charge in [0.25, 0.3) is 5.56 Å². The van der Waals surface area contributed by atoms with Crippen LogP contribution in [0.1, 0.15) is 23.7 Å². The second kappa shape index (κ2) is 4.56. The molecular weight excluding hydrogens is 258 g/mol. The van der Waals surface area contributed by atoms with Crippen LogP contribution in [-0.4, -0.2) is 26.3 Å². The van der Waals surface area contributed by atoms with E-state index >= 15 is 0 Å². The quantitative estimate of drug-likeness (QED) is 0.898. The highest BCUT2D eigenvalue weighted by Crippen LogP contribution is 2.28. The molecule has 6 nitrogen and oxygen atoms in total. The minimum absolute atomic E-state index is 0.0781. The van der Waals surface area contributed by atoms with Gasteiger partial charge >= 0.3 is 5.97 Å². The SMILES string of the molecule is Cc1nc2n(c(=O)c1CCC(=O)O)C1C=CC=CC1=N2. The van der Waals surface area contributed by atoms with E-state index in [1.165, 1.54) is 4.57 Å². The van der Waals surface area contributed by atoms with Crippen molar-refractivity contribution in [3.8, 4) is 0 Å². The molecule has 1 aliphatic carbocycles. The summed E-state index contributed by atoms with van der Waals surface area (Å²) in [4.78, 5) is 31.9. The third-order valence-corrected chi connectivity index (χ3v) is 3.47. The Kier molecular flexibility index (Phi) is 2.85. The normalized spacial score (nSPS) is 18.6. The maximum absolute atomic E-state index is 12.5. The molecule has 1 unspecified atom stereocenters. The van der Waals surface area contributed by atoms with Gasteiger partial charge in [-0.25, -0.2) is 9.98 Å². The van der Waals surface area contributed by atoms with E-state index in [2.05, 4.69) is 9.98 Å². The minimum Gasteiger partial charge on any atom is -0.481 e. The molecule has 0 saturated heterocycles. The molecule has 3 rings (SSSR count). The Balaban J connectivity index is 2.08. The van der Waals surface area contributed by atoms with Crippen LogP contribution in [0.5, 0.6) is 0 Å². The lowest BCUT2D eigenvalue weighted by Crippen LogP contribution is -2.29. The number of aromatic nitrogens is 2. The monoisotopic (exact) mass is 271 g/mol. The smallest absolute Gasteiger partial charge is 0.303 e. The first-order valence-electron chi connectivity index (χ1n) is 6.35. The van der Waals surface area contributed by atoms with Gasteiger partial charge in [-0.15, -0.1) is 0 Å². The Hall–Kier alpha value is -2.50. The maximum atomic E-state index is 12.5. The Morgan fingerprint density at radius 3 is 3.00 bits per heavy atom. The van der Waals surface area contributed by atoms with E-state index < -0.39 is 5.97 Å². The number of allylic oxidation sites excluding steroid dienone is 4. The summed E-state index contributed by atoms with van der Waals surface area (Å²) in [6, 6.07) is -0.223. The Labute approximate surface area is 114 Å². The van der Waals surface area contributed by atoms with Crippen molar-refractivity contribution in [1.82, 2.24) is 9.55 Å². The van der Waals surface area contributed by atoms with Crippen LogP contribution in [0.3, 0.4) is 0 Å². The van der Waals surface area contributed by atoms with Crippen molar-refractivity contribution < 1.29 is 9.90 Å². The number of aliphatic carboxylic acids is 1. The third kappa shape index (κ3) is 1.89. The maximum Gasteiger partial charge on any atom is 0.303 e. The molecule has 1 N–H and O–H groups in total. The number of carboxylic acid groups (broad SMARTS) is 1. The van der Waals surface area contributed by atoms with Crippen molar-refractivity contribution in [2.24, 2.45) is 4.99 Å². The highest BCUT2D eigenvalue weighted by atomic mass is 16.4. The van der Waals surface area contributed by atoms with Crippen LogP contribution in [0.25, 0.3) is 0 Å². The van der Waals surface area contributed by atoms with Crippen LogP contribution < -0.4 is 5.56 Å². The van der Waals surface area contributed by atoms with E-state index in [1.807, 2.05) is 24.3 Å². The molecule has 0 radical (unpaired) electrons. The summed E-state index contributed by atoms with van der Waals surface area (Å²) in [5, 5.41) is 8.77. The fourth-order valence-corrected chi connectivity index (χ4v) is 2.47. The van der Waals surface area contributed by atoms with Crippen LogP contribution in [0.15, 0.2) is 34.1 Å². The Morgan fingerprint density at radius 2 is 2.25 bits per heavy atom. The van der Waals surface area contributed by atoms with Crippen LogP contribution in [0.2, 0.25) is 0 Å². The summed E-state index contributed by atoms with van der Waals surface area (Å²) in [5.74, 6) is -0.533. The number of rotatable bonds is 3. The first-order valence-corrected chi connectivity index (χ1v) is 6.35. The summed E-state index contributed by atoms with van der Waals surface area (Å²) in [5.41, 5.74) is 1.60. The number of carbonyl (C=O) groups is 1. The van der Waals surface area contributed by atoms with E-state index in [4.69, 9.17) is 5.11 Å². The van der Waals surface area contributed by atoms with Gasteiger partial charge in [0.15, 0.2) is 0 Å². The predicted octanol–water partition coefficient (Wildman–Crippen LogP) is 1.32. The molecule has 1 atom stereocenters. The second-order valence-corrected chi connectivity index (χ2v) is 4.77. The van der Waals surface area contributed by atoms with Gasteiger partial charge < -0.3 is 5.11 Å². The minimum atomic E-state index is -0.924.